The van der Waals surface area contributed by atoms with E-state index in [1.54, 1.807) is 6.20 Å². The summed E-state index contributed by atoms with van der Waals surface area (Å²) in [5.74, 6) is 1.36. The molecule has 2 fully saturated rings. The summed E-state index contributed by atoms with van der Waals surface area (Å²) >= 11 is 0. The monoisotopic (exact) mass is 391 g/mol. The van der Waals surface area contributed by atoms with Crippen LogP contribution in [-0.2, 0) is 0 Å². The fraction of sp³-hybridized carbons (Fsp3) is 0.455. The van der Waals surface area contributed by atoms with Crippen molar-refractivity contribution in [1.82, 2.24) is 25.0 Å². The summed E-state index contributed by atoms with van der Waals surface area (Å²) in [6, 6.07) is 7.79. The Kier molecular flexibility index (Phi) is 4.66. The van der Waals surface area contributed by atoms with Crippen LogP contribution in [0.15, 0.2) is 41.2 Å². The fourth-order valence-corrected chi connectivity index (χ4v) is 3.94. The number of nitrogens with zero attached hydrogens (tertiary/aromatic N) is 4. The smallest absolute Gasteiger partial charge is 0.268 e. The van der Waals surface area contributed by atoms with Gasteiger partial charge in [0.25, 0.3) is 5.91 Å². The summed E-state index contributed by atoms with van der Waals surface area (Å²) in [6.07, 6.45) is 10.9. The highest BCUT2D eigenvalue weighted by Crippen LogP contribution is 2.36. The molecular weight excluding hydrogens is 366 g/mol. The summed E-state index contributed by atoms with van der Waals surface area (Å²) in [6.45, 7) is 1.86. The second kappa shape index (κ2) is 7.46. The van der Waals surface area contributed by atoms with Crippen LogP contribution >= 0.6 is 0 Å². The maximum absolute atomic E-state index is 12.8. The van der Waals surface area contributed by atoms with Crippen molar-refractivity contribution >= 4 is 5.91 Å². The molecule has 3 aromatic rings. The van der Waals surface area contributed by atoms with Gasteiger partial charge < -0.3 is 14.4 Å². The Bertz CT molecular complexity index is 1020. The minimum atomic E-state index is -0.374. The molecule has 3 aromatic heterocycles. The van der Waals surface area contributed by atoms with Crippen LogP contribution in [0.5, 0.6) is 0 Å². The molecule has 7 heteroatoms. The Hall–Kier alpha value is -2.96. The summed E-state index contributed by atoms with van der Waals surface area (Å²) in [7, 11) is 0. The van der Waals surface area contributed by atoms with Gasteiger partial charge in [0.2, 0.25) is 11.7 Å². The van der Waals surface area contributed by atoms with Crippen LogP contribution < -0.4 is 5.32 Å². The first-order valence-corrected chi connectivity index (χ1v) is 10.5. The molecule has 0 spiro atoms. The topological polar surface area (TPSA) is 85.8 Å². The van der Waals surface area contributed by atoms with Crippen LogP contribution in [0.4, 0.5) is 0 Å². The lowest BCUT2D eigenvalue weighted by atomic mass is 9.82. The molecule has 2 saturated carbocycles. The van der Waals surface area contributed by atoms with Crippen LogP contribution in [0.3, 0.4) is 0 Å². The van der Waals surface area contributed by atoms with Gasteiger partial charge in [-0.05, 0) is 63.3 Å². The molecule has 7 nitrogen and oxygen atoms in total. The number of amides is 1. The van der Waals surface area contributed by atoms with Crippen molar-refractivity contribution in [2.24, 2.45) is 0 Å². The van der Waals surface area contributed by atoms with Crippen molar-refractivity contribution in [3.8, 4) is 11.4 Å². The Morgan fingerprint density at radius 1 is 1.24 bits per heavy atom. The predicted molar refractivity (Wildman–Crippen MR) is 107 cm³/mol. The van der Waals surface area contributed by atoms with Gasteiger partial charge in [-0.3, -0.25) is 9.78 Å². The highest BCUT2D eigenvalue weighted by Gasteiger charge is 2.25. The molecule has 2 aliphatic rings. The van der Waals surface area contributed by atoms with E-state index in [2.05, 4.69) is 25.0 Å². The average Bonchev–Trinajstić information content (AvgIpc) is 3.29. The largest absolute Gasteiger partial charge is 0.340 e. The van der Waals surface area contributed by atoms with Gasteiger partial charge >= 0.3 is 0 Å². The third-order valence-electron chi connectivity index (χ3n) is 6.20. The first-order valence-electron chi connectivity index (χ1n) is 10.5. The zero-order chi connectivity index (χ0) is 19.8. The first-order chi connectivity index (χ1) is 14.2. The Labute approximate surface area is 169 Å². The van der Waals surface area contributed by atoms with Gasteiger partial charge in [-0.1, -0.05) is 11.6 Å². The molecule has 0 saturated heterocycles. The molecule has 0 radical (unpaired) electrons. The molecule has 150 valence electrons. The lowest BCUT2D eigenvalue weighted by Gasteiger charge is -2.28. The first kappa shape index (κ1) is 18.1. The van der Waals surface area contributed by atoms with Gasteiger partial charge in [0.05, 0.1) is 0 Å². The number of carbonyl (C=O) groups is 1. The van der Waals surface area contributed by atoms with Gasteiger partial charge in [0, 0.05) is 35.6 Å². The van der Waals surface area contributed by atoms with E-state index >= 15 is 0 Å². The van der Waals surface area contributed by atoms with Crippen LogP contribution in [-0.4, -0.2) is 25.6 Å². The molecule has 1 atom stereocenters. The van der Waals surface area contributed by atoms with Crippen LogP contribution in [0.2, 0.25) is 0 Å². The van der Waals surface area contributed by atoms with E-state index in [1.807, 2.05) is 37.4 Å². The lowest BCUT2D eigenvalue weighted by molar-refractivity contribution is 0.0917. The van der Waals surface area contributed by atoms with E-state index in [0.29, 0.717) is 29.4 Å². The number of pyridine rings is 1. The van der Waals surface area contributed by atoms with Crippen molar-refractivity contribution in [3.05, 3.63) is 53.9 Å². The quantitative estimate of drug-likeness (QED) is 0.672. The van der Waals surface area contributed by atoms with E-state index in [9.17, 15) is 4.79 Å². The van der Waals surface area contributed by atoms with Gasteiger partial charge in [0.1, 0.15) is 11.7 Å². The van der Waals surface area contributed by atoms with Crippen LogP contribution in [0.25, 0.3) is 11.4 Å². The predicted octanol–water partition coefficient (Wildman–Crippen LogP) is 4.42. The molecular formula is C22H25N5O2. The zero-order valence-corrected chi connectivity index (χ0v) is 16.5. The number of aromatic nitrogens is 4. The fourth-order valence-electron chi connectivity index (χ4n) is 3.94. The van der Waals surface area contributed by atoms with E-state index in [0.717, 1.165) is 24.1 Å². The van der Waals surface area contributed by atoms with Crippen molar-refractivity contribution < 1.29 is 9.32 Å². The molecule has 0 bridgehead atoms. The molecule has 1 N–H and O–H groups in total. The molecule has 3 heterocycles. The molecule has 1 amide bonds. The molecule has 29 heavy (non-hydrogen) atoms. The number of rotatable bonds is 6. The van der Waals surface area contributed by atoms with E-state index in [-0.39, 0.29) is 11.9 Å². The molecule has 2 aliphatic carbocycles. The van der Waals surface area contributed by atoms with E-state index in [1.165, 1.54) is 25.7 Å². The maximum atomic E-state index is 12.8. The minimum Gasteiger partial charge on any atom is -0.340 e. The number of nitrogens with one attached hydrogen (secondary N) is 1. The van der Waals surface area contributed by atoms with Gasteiger partial charge in [-0.15, -0.1) is 0 Å². The molecule has 0 aliphatic heterocycles. The molecule has 0 aromatic carbocycles. The Balaban J connectivity index is 1.29. The van der Waals surface area contributed by atoms with Crippen molar-refractivity contribution in [2.45, 2.75) is 63.5 Å². The third kappa shape index (κ3) is 3.45. The Morgan fingerprint density at radius 2 is 2.07 bits per heavy atom. The summed E-state index contributed by atoms with van der Waals surface area (Å²) in [5, 5.41) is 7.11. The summed E-state index contributed by atoms with van der Waals surface area (Å²) in [4.78, 5) is 21.8. The summed E-state index contributed by atoms with van der Waals surface area (Å²) in [5.41, 5.74) is 2.67. The normalized spacial score (nSPS) is 18.1. The Morgan fingerprint density at radius 3 is 2.79 bits per heavy atom. The van der Waals surface area contributed by atoms with E-state index < -0.39 is 0 Å². The molecule has 5 rings (SSSR count). The van der Waals surface area contributed by atoms with Crippen molar-refractivity contribution in [1.29, 1.82) is 0 Å². The average molecular weight is 391 g/mol. The lowest BCUT2D eigenvalue weighted by Crippen LogP contribution is -2.30. The number of hydrogen-bond acceptors (Lipinski definition) is 5. The van der Waals surface area contributed by atoms with Crippen LogP contribution in [0.1, 0.15) is 85.5 Å². The zero-order valence-electron chi connectivity index (χ0n) is 16.5. The van der Waals surface area contributed by atoms with Crippen molar-refractivity contribution in [3.63, 3.8) is 0 Å². The molecule has 0 unspecified atom stereocenters. The minimum absolute atomic E-state index is 0.120. The SMILES string of the molecule is C[C@H](NC(=O)c1cccn1C1CCC1)c1nc(-c2ccnc(C3CCC3)c2)no1. The summed E-state index contributed by atoms with van der Waals surface area (Å²) < 4.78 is 7.52. The third-order valence-corrected chi connectivity index (χ3v) is 6.20. The van der Waals surface area contributed by atoms with Gasteiger partial charge in [0.15, 0.2) is 0 Å². The highest BCUT2D eigenvalue weighted by molar-refractivity contribution is 5.93. The van der Waals surface area contributed by atoms with E-state index in [4.69, 9.17) is 4.52 Å². The second-order valence-corrected chi connectivity index (χ2v) is 8.13. The van der Waals surface area contributed by atoms with Crippen LogP contribution in [0, 0.1) is 0 Å². The number of hydrogen-bond donors (Lipinski definition) is 1. The van der Waals surface area contributed by atoms with Crippen molar-refractivity contribution in [2.75, 3.05) is 0 Å². The van der Waals surface area contributed by atoms with Gasteiger partial charge in [-0.25, -0.2) is 0 Å². The standard InChI is InChI=1S/C22H25N5O2/c1-14(24-21(28)19-9-4-12-27(19)17-7-3-8-17)22-25-20(26-29-22)16-10-11-23-18(13-16)15-5-2-6-15/h4,9-15,17H,2-3,5-8H2,1H3,(H,24,28)/t14-/m0/s1. The highest BCUT2D eigenvalue weighted by atomic mass is 16.5. The maximum Gasteiger partial charge on any atom is 0.268 e. The van der Waals surface area contributed by atoms with Gasteiger partial charge in [-0.2, -0.15) is 4.98 Å². The second-order valence-electron chi connectivity index (χ2n) is 8.13. The number of carbonyl (C=O) groups excluding carboxylic acids is 1.